The molecule has 0 saturated carbocycles. The van der Waals surface area contributed by atoms with Crippen molar-refractivity contribution in [1.82, 2.24) is 4.90 Å². The number of nitrogens with one attached hydrogen (secondary N) is 1. The molecule has 1 fully saturated rings. The Labute approximate surface area is 188 Å². The minimum absolute atomic E-state index is 0.0635. The van der Waals surface area contributed by atoms with Gasteiger partial charge in [-0.1, -0.05) is 45.0 Å². The number of hydrogen-bond acceptors (Lipinski definition) is 5. The molecule has 0 aliphatic carbocycles. The molecule has 1 aliphatic rings. The summed E-state index contributed by atoms with van der Waals surface area (Å²) in [5.41, 5.74) is 3.71. The van der Waals surface area contributed by atoms with Crippen LogP contribution in [0.3, 0.4) is 0 Å². The fraction of sp³-hybridized carbons (Fsp3) is 0.400. The van der Waals surface area contributed by atoms with Gasteiger partial charge in [0.2, 0.25) is 0 Å². The van der Waals surface area contributed by atoms with E-state index in [0.29, 0.717) is 11.7 Å². The maximum absolute atomic E-state index is 12.7. The molecule has 1 amide bonds. The summed E-state index contributed by atoms with van der Waals surface area (Å²) in [6, 6.07) is 14.6. The molecule has 1 saturated heterocycles. The number of carbonyl (C=O) groups excluding carboxylic acids is 1. The van der Waals surface area contributed by atoms with Crippen molar-refractivity contribution in [2.45, 2.75) is 39.2 Å². The van der Waals surface area contributed by atoms with E-state index in [9.17, 15) is 4.79 Å². The van der Waals surface area contributed by atoms with Gasteiger partial charge in [-0.2, -0.15) is 0 Å². The monoisotopic (exact) mass is 438 g/mol. The number of ether oxygens (including phenoxy) is 1. The Morgan fingerprint density at radius 3 is 2.45 bits per heavy atom. The Kier molecular flexibility index (Phi) is 6.90. The molecule has 3 heterocycles. The lowest BCUT2D eigenvalue weighted by molar-refractivity contribution is 0.0241. The van der Waals surface area contributed by atoms with Crippen LogP contribution < -0.4 is 5.32 Å². The van der Waals surface area contributed by atoms with E-state index in [4.69, 9.17) is 9.15 Å². The van der Waals surface area contributed by atoms with Crippen LogP contribution in [0.2, 0.25) is 0 Å². The molecule has 164 valence electrons. The second-order valence-electron chi connectivity index (χ2n) is 8.15. The van der Waals surface area contributed by atoms with Gasteiger partial charge in [0.25, 0.3) is 5.91 Å². The van der Waals surface area contributed by atoms with Crippen LogP contribution in [0.1, 0.15) is 64.9 Å². The smallest absolute Gasteiger partial charge is 0.291 e. The number of carbonyl (C=O) groups is 1. The molecular weight excluding hydrogens is 408 g/mol. The van der Waals surface area contributed by atoms with E-state index in [0.717, 1.165) is 43.3 Å². The number of morpholine rings is 1. The normalized spacial score (nSPS) is 15.9. The standard InChI is InChI=1S/C25H30N2O3S/c1-4-20-16-21(25(31-20)26-24(28)22-6-5-13-30-22)23(27-11-14-29-15-12-27)19-9-7-18(8-10-19)17(2)3/h5-10,13,16-17,23H,4,11-12,14-15H2,1-3H3,(H,26,28)/t23-/m1/s1. The van der Waals surface area contributed by atoms with Crippen LogP contribution in [0.25, 0.3) is 0 Å². The van der Waals surface area contributed by atoms with Crippen molar-refractivity contribution in [2.24, 2.45) is 0 Å². The van der Waals surface area contributed by atoms with Crippen molar-refractivity contribution in [2.75, 3.05) is 31.6 Å². The lowest BCUT2D eigenvalue weighted by atomic mass is 9.94. The van der Waals surface area contributed by atoms with Crippen molar-refractivity contribution >= 4 is 22.2 Å². The molecule has 5 nitrogen and oxygen atoms in total. The maximum Gasteiger partial charge on any atom is 0.291 e. The van der Waals surface area contributed by atoms with Gasteiger partial charge in [-0.3, -0.25) is 9.69 Å². The van der Waals surface area contributed by atoms with Gasteiger partial charge in [0, 0.05) is 23.5 Å². The highest BCUT2D eigenvalue weighted by atomic mass is 32.1. The van der Waals surface area contributed by atoms with Crippen molar-refractivity contribution < 1.29 is 13.9 Å². The van der Waals surface area contributed by atoms with E-state index in [1.807, 2.05) is 0 Å². The number of amides is 1. The molecule has 2 aromatic heterocycles. The first-order valence-electron chi connectivity index (χ1n) is 11.0. The van der Waals surface area contributed by atoms with Gasteiger partial charge in [0.15, 0.2) is 5.76 Å². The first-order valence-corrected chi connectivity index (χ1v) is 11.8. The number of nitrogens with zero attached hydrogens (tertiary/aromatic N) is 1. The van der Waals surface area contributed by atoms with Crippen LogP contribution in [0, 0.1) is 0 Å². The SMILES string of the molecule is CCc1cc([C@@H](c2ccc(C(C)C)cc2)N2CCOCC2)c(NC(=O)c2ccco2)s1. The Balaban J connectivity index is 1.73. The Hall–Kier alpha value is -2.41. The third-order valence-corrected chi connectivity index (χ3v) is 6.97. The largest absolute Gasteiger partial charge is 0.459 e. The molecule has 4 rings (SSSR count). The summed E-state index contributed by atoms with van der Waals surface area (Å²) in [4.78, 5) is 16.5. The predicted molar refractivity (Wildman–Crippen MR) is 125 cm³/mol. The minimum Gasteiger partial charge on any atom is -0.459 e. The first-order chi connectivity index (χ1) is 15.1. The molecule has 1 N–H and O–H groups in total. The van der Waals surface area contributed by atoms with Crippen molar-refractivity contribution in [3.8, 4) is 0 Å². The molecular formula is C25H30N2O3S. The number of furan rings is 1. The lowest BCUT2D eigenvalue weighted by Crippen LogP contribution is -2.39. The van der Waals surface area contributed by atoms with Crippen LogP contribution in [0.15, 0.2) is 53.1 Å². The van der Waals surface area contributed by atoms with Crippen molar-refractivity contribution in [3.05, 3.63) is 76.1 Å². The number of anilines is 1. The van der Waals surface area contributed by atoms with Crippen LogP contribution in [-0.2, 0) is 11.2 Å². The van der Waals surface area contributed by atoms with Gasteiger partial charge in [-0.05, 0) is 41.7 Å². The molecule has 0 spiro atoms. The number of benzene rings is 1. The Bertz CT molecular complexity index is 986. The van der Waals surface area contributed by atoms with E-state index in [2.05, 4.69) is 61.3 Å². The minimum atomic E-state index is -0.216. The first kappa shape index (κ1) is 21.8. The summed E-state index contributed by atoms with van der Waals surface area (Å²) < 4.78 is 10.9. The Morgan fingerprint density at radius 1 is 1.13 bits per heavy atom. The van der Waals surface area contributed by atoms with Gasteiger partial charge in [-0.15, -0.1) is 11.3 Å². The average molecular weight is 439 g/mol. The molecule has 6 heteroatoms. The fourth-order valence-corrected chi connectivity index (χ4v) is 5.02. The van der Waals surface area contributed by atoms with Gasteiger partial charge in [0.1, 0.15) is 5.00 Å². The number of thiophene rings is 1. The van der Waals surface area contributed by atoms with Crippen molar-refractivity contribution in [3.63, 3.8) is 0 Å². The third kappa shape index (κ3) is 4.92. The van der Waals surface area contributed by atoms with Gasteiger partial charge < -0.3 is 14.5 Å². The maximum atomic E-state index is 12.7. The molecule has 31 heavy (non-hydrogen) atoms. The van der Waals surface area contributed by atoms with E-state index >= 15 is 0 Å². The van der Waals surface area contributed by atoms with Crippen LogP contribution in [0.5, 0.6) is 0 Å². The number of rotatable bonds is 7. The van der Waals surface area contributed by atoms with Crippen molar-refractivity contribution in [1.29, 1.82) is 0 Å². The average Bonchev–Trinajstić information content (AvgIpc) is 3.46. The van der Waals surface area contributed by atoms with Crippen LogP contribution in [-0.4, -0.2) is 37.1 Å². The highest BCUT2D eigenvalue weighted by Gasteiger charge is 2.29. The van der Waals surface area contributed by atoms with E-state index < -0.39 is 0 Å². The molecule has 1 aliphatic heterocycles. The lowest BCUT2D eigenvalue weighted by Gasteiger charge is -2.35. The summed E-state index contributed by atoms with van der Waals surface area (Å²) in [5, 5.41) is 4.01. The van der Waals surface area contributed by atoms with E-state index in [-0.39, 0.29) is 11.9 Å². The molecule has 0 unspecified atom stereocenters. The zero-order valence-corrected chi connectivity index (χ0v) is 19.2. The van der Waals surface area contributed by atoms with Crippen LogP contribution in [0.4, 0.5) is 5.00 Å². The van der Waals surface area contributed by atoms with Gasteiger partial charge >= 0.3 is 0 Å². The summed E-state index contributed by atoms with van der Waals surface area (Å²) in [6.45, 7) is 9.74. The summed E-state index contributed by atoms with van der Waals surface area (Å²) >= 11 is 1.65. The molecule has 3 aromatic rings. The summed E-state index contributed by atoms with van der Waals surface area (Å²) in [7, 11) is 0. The molecule has 1 aromatic carbocycles. The topological polar surface area (TPSA) is 54.7 Å². The van der Waals surface area contributed by atoms with Gasteiger partial charge in [0.05, 0.1) is 25.5 Å². The van der Waals surface area contributed by atoms with Gasteiger partial charge in [-0.25, -0.2) is 0 Å². The number of hydrogen-bond donors (Lipinski definition) is 1. The second kappa shape index (κ2) is 9.81. The quantitative estimate of drug-likeness (QED) is 0.514. The Morgan fingerprint density at radius 2 is 1.84 bits per heavy atom. The summed E-state index contributed by atoms with van der Waals surface area (Å²) in [6.07, 6.45) is 2.45. The number of aryl methyl sites for hydroxylation is 1. The predicted octanol–water partition coefficient (Wildman–Crippen LogP) is 5.70. The highest BCUT2D eigenvalue weighted by Crippen LogP contribution is 2.40. The molecule has 0 bridgehead atoms. The summed E-state index contributed by atoms with van der Waals surface area (Å²) in [5.74, 6) is 0.597. The second-order valence-corrected chi connectivity index (χ2v) is 9.29. The highest BCUT2D eigenvalue weighted by molar-refractivity contribution is 7.16. The molecule has 0 radical (unpaired) electrons. The zero-order chi connectivity index (χ0) is 21.8. The van der Waals surface area contributed by atoms with E-state index in [1.54, 1.807) is 23.5 Å². The fourth-order valence-electron chi connectivity index (χ4n) is 3.99. The molecule has 1 atom stereocenters. The zero-order valence-electron chi connectivity index (χ0n) is 18.4. The van der Waals surface area contributed by atoms with Crippen LogP contribution >= 0.6 is 11.3 Å². The third-order valence-electron chi connectivity index (χ3n) is 5.76. The van der Waals surface area contributed by atoms with E-state index in [1.165, 1.54) is 22.3 Å².